The topological polar surface area (TPSA) is 67.0 Å². The Balaban J connectivity index is 0.000000162. The number of para-hydroxylation sites is 1. The average molecular weight is 217 g/mol. The Kier molecular flexibility index (Phi) is 3.18. The van der Waals surface area contributed by atoms with E-state index >= 15 is 0 Å². The molecule has 1 aliphatic heterocycles. The highest BCUT2D eigenvalue weighted by Gasteiger charge is 2.14. The molecule has 0 bridgehead atoms. The number of carbonyl (C=O) groups excluding carboxylic acids is 1. The number of imidazole rings is 1. The van der Waals surface area contributed by atoms with Crippen LogP contribution in [-0.2, 0) is 11.2 Å². The molecule has 1 amide bonds. The zero-order valence-corrected chi connectivity index (χ0v) is 8.51. The Bertz CT molecular complexity index is 437. The zero-order chi connectivity index (χ0) is 11.2. The molecular weight excluding hydrogens is 206 g/mol. The molecule has 0 fully saturated rings. The van der Waals surface area contributed by atoms with Crippen molar-refractivity contribution in [2.45, 2.75) is 6.42 Å². The van der Waals surface area contributed by atoms with Gasteiger partial charge in [0.15, 0.2) is 5.75 Å². The van der Waals surface area contributed by atoms with Gasteiger partial charge in [-0.1, -0.05) is 18.2 Å². The number of nitrogens with zero attached hydrogens (tertiary/aromatic N) is 1. The summed E-state index contributed by atoms with van der Waals surface area (Å²) < 4.78 is 0. The van der Waals surface area contributed by atoms with Crippen molar-refractivity contribution in [1.82, 2.24) is 15.4 Å². The van der Waals surface area contributed by atoms with Crippen LogP contribution in [0.1, 0.15) is 5.56 Å². The first-order valence-electron chi connectivity index (χ1n) is 4.82. The highest BCUT2D eigenvalue weighted by atomic mass is 16.7. The predicted molar refractivity (Wildman–Crippen MR) is 57.5 cm³/mol. The van der Waals surface area contributed by atoms with Gasteiger partial charge in [0.2, 0.25) is 0 Å². The molecule has 2 aromatic rings. The lowest BCUT2D eigenvalue weighted by molar-refractivity contribution is -0.128. The van der Waals surface area contributed by atoms with E-state index in [4.69, 9.17) is 4.84 Å². The van der Waals surface area contributed by atoms with Crippen molar-refractivity contribution in [2.75, 3.05) is 0 Å². The van der Waals surface area contributed by atoms with Gasteiger partial charge in [-0.15, -0.1) is 0 Å². The van der Waals surface area contributed by atoms with E-state index in [1.165, 1.54) is 0 Å². The molecule has 16 heavy (non-hydrogen) atoms. The number of hydrogen-bond acceptors (Lipinski definition) is 3. The molecule has 0 unspecified atom stereocenters. The largest absolute Gasteiger partial charge is 0.379 e. The predicted octanol–water partition coefficient (Wildman–Crippen LogP) is 1.06. The van der Waals surface area contributed by atoms with Gasteiger partial charge >= 0.3 is 0 Å². The number of H-pyrrole nitrogens is 1. The number of carbonyl (C=O) groups is 1. The summed E-state index contributed by atoms with van der Waals surface area (Å²) in [6, 6.07) is 7.47. The second-order valence-corrected chi connectivity index (χ2v) is 3.17. The molecule has 5 heteroatoms. The fourth-order valence-electron chi connectivity index (χ4n) is 1.29. The van der Waals surface area contributed by atoms with Gasteiger partial charge in [0.1, 0.15) is 0 Å². The molecule has 3 rings (SSSR count). The van der Waals surface area contributed by atoms with Crippen LogP contribution in [0.5, 0.6) is 5.75 Å². The van der Waals surface area contributed by atoms with E-state index in [2.05, 4.69) is 15.4 Å². The summed E-state index contributed by atoms with van der Waals surface area (Å²) in [6.07, 6.45) is 5.50. The van der Waals surface area contributed by atoms with E-state index in [0.29, 0.717) is 6.42 Å². The van der Waals surface area contributed by atoms with Crippen molar-refractivity contribution in [2.24, 2.45) is 0 Å². The molecule has 0 atom stereocenters. The van der Waals surface area contributed by atoms with Crippen LogP contribution in [0.3, 0.4) is 0 Å². The van der Waals surface area contributed by atoms with Crippen LogP contribution in [0.2, 0.25) is 0 Å². The molecule has 0 saturated heterocycles. The first kappa shape index (κ1) is 10.2. The van der Waals surface area contributed by atoms with Gasteiger partial charge < -0.3 is 9.82 Å². The molecule has 2 N–H and O–H groups in total. The Morgan fingerprint density at radius 2 is 2.19 bits per heavy atom. The normalized spacial score (nSPS) is 12.6. The lowest BCUT2D eigenvalue weighted by Gasteiger charge is -2.15. The molecule has 0 radical (unpaired) electrons. The Labute approximate surface area is 92.4 Å². The number of benzene rings is 1. The standard InChI is InChI=1S/C8H7NO2.C3H4N2/c10-8-5-6-3-1-2-4-7(6)11-9-8;1-2-5-3-4-1/h1-4H,5H2,(H,9,10);1-3H,(H,4,5). The van der Waals surface area contributed by atoms with Gasteiger partial charge in [-0.05, 0) is 6.07 Å². The fourth-order valence-corrected chi connectivity index (χ4v) is 1.29. The van der Waals surface area contributed by atoms with E-state index in [0.717, 1.165) is 11.3 Å². The van der Waals surface area contributed by atoms with Gasteiger partial charge in [0.05, 0.1) is 12.7 Å². The quantitative estimate of drug-likeness (QED) is 0.693. The molecule has 1 aromatic heterocycles. The summed E-state index contributed by atoms with van der Waals surface area (Å²) in [5.41, 5.74) is 3.24. The van der Waals surface area contributed by atoms with Crippen molar-refractivity contribution in [1.29, 1.82) is 0 Å². The number of hydrogen-bond donors (Lipinski definition) is 2. The van der Waals surface area contributed by atoms with Gasteiger partial charge in [-0.3, -0.25) is 4.79 Å². The van der Waals surface area contributed by atoms with Crippen LogP contribution in [0.25, 0.3) is 0 Å². The Morgan fingerprint density at radius 3 is 2.88 bits per heavy atom. The molecule has 0 saturated carbocycles. The van der Waals surface area contributed by atoms with E-state index in [1.807, 2.05) is 24.3 Å². The van der Waals surface area contributed by atoms with Crippen molar-refractivity contribution in [3.63, 3.8) is 0 Å². The third-order valence-electron chi connectivity index (χ3n) is 2.00. The second kappa shape index (κ2) is 4.97. The monoisotopic (exact) mass is 217 g/mol. The number of aromatic amines is 1. The van der Waals surface area contributed by atoms with Crippen LogP contribution >= 0.6 is 0 Å². The summed E-state index contributed by atoms with van der Waals surface area (Å²) in [5, 5.41) is 0. The molecular formula is C11H11N3O2. The average Bonchev–Trinajstić information content (AvgIpc) is 2.87. The number of amides is 1. The first-order chi connectivity index (χ1) is 7.86. The SMILES string of the molecule is O=C1Cc2ccccc2ON1.c1c[nH]cn1. The first-order valence-corrected chi connectivity index (χ1v) is 4.82. The minimum absolute atomic E-state index is 0.0938. The number of aromatic nitrogens is 2. The number of nitrogens with one attached hydrogen (secondary N) is 2. The molecule has 1 aliphatic rings. The van der Waals surface area contributed by atoms with Gasteiger partial charge in [-0.25, -0.2) is 4.98 Å². The minimum atomic E-state index is -0.0938. The number of rotatable bonds is 0. The van der Waals surface area contributed by atoms with Crippen LogP contribution in [0.4, 0.5) is 0 Å². The minimum Gasteiger partial charge on any atom is -0.379 e. The maximum atomic E-state index is 10.8. The third-order valence-corrected chi connectivity index (χ3v) is 2.00. The van der Waals surface area contributed by atoms with Gasteiger partial charge in [0, 0.05) is 18.0 Å². The lowest BCUT2D eigenvalue weighted by Crippen LogP contribution is -2.32. The van der Waals surface area contributed by atoms with E-state index in [1.54, 1.807) is 18.7 Å². The highest BCUT2D eigenvalue weighted by Crippen LogP contribution is 2.19. The van der Waals surface area contributed by atoms with E-state index in [-0.39, 0.29) is 5.91 Å². The smallest absolute Gasteiger partial charge is 0.257 e. The Hall–Kier alpha value is -2.30. The van der Waals surface area contributed by atoms with Crippen molar-refractivity contribution >= 4 is 5.91 Å². The maximum absolute atomic E-state index is 10.8. The summed E-state index contributed by atoms with van der Waals surface area (Å²) in [7, 11) is 0. The number of hydroxylamine groups is 1. The number of fused-ring (bicyclic) bond motifs is 1. The Morgan fingerprint density at radius 1 is 1.31 bits per heavy atom. The van der Waals surface area contributed by atoms with E-state index < -0.39 is 0 Å². The van der Waals surface area contributed by atoms with Crippen molar-refractivity contribution in [3.8, 4) is 5.75 Å². The molecule has 82 valence electrons. The molecule has 2 heterocycles. The van der Waals surface area contributed by atoms with E-state index in [9.17, 15) is 4.79 Å². The third kappa shape index (κ3) is 2.60. The molecule has 1 aromatic carbocycles. The van der Waals surface area contributed by atoms with Crippen molar-refractivity contribution in [3.05, 3.63) is 48.5 Å². The molecule has 0 spiro atoms. The van der Waals surface area contributed by atoms with Crippen molar-refractivity contribution < 1.29 is 9.63 Å². The van der Waals surface area contributed by atoms with Crippen LogP contribution < -0.4 is 10.3 Å². The summed E-state index contributed by atoms with van der Waals surface area (Å²) >= 11 is 0. The van der Waals surface area contributed by atoms with Crippen LogP contribution in [0, 0.1) is 0 Å². The highest BCUT2D eigenvalue weighted by molar-refractivity contribution is 5.79. The second-order valence-electron chi connectivity index (χ2n) is 3.17. The molecule has 5 nitrogen and oxygen atoms in total. The van der Waals surface area contributed by atoms with Gasteiger partial charge in [-0.2, -0.15) is 5.48 Å². The van der Waals surface area contributed by atoms with Crippen LogP contribution in [-0.4, -0.2) is 15.9 Å². The summed E-state index contributed by atoms with van der Waals surface area (Å²) in [4.78, 5) is 22.1. The lowest BCUT2D eigenvalue weighted by atomic mass is 10.1. The summed E-state index contributed by atoms with van der Waals surface area (Å²) in [5.74, 6) is 0.649. The molecule has 0 aliphatic carbocycles. The zero-order valence-electron chi connectivity index (χ0n) is 8.51. The summed E-state index contributed by atoms with van der Waals surface area (Å²) in [6.45, 7) is 0. The maximum Gasteiger partial charge on any atom is 0.257 e. The fraction of sp³-hybridized carbons (Fsp3) is 0.0909. The van der Waals surface area contributed by atoms with Gasteiger partial charge in [0.25, 0.3) is 5.91 Å². The van der Waals surface area contributed by atoms with Crippen LogP contribution in [0.15, 0.2) is 43.0 Å².